The summed E-state index contributed by atoms with van der Waals surface area (Å²) in [6, 6.07) is 0.928. The number of ether oxygens (including phenoxy) is 1. The van der Waals surface area contributed by atoms with Crippen molar-refractivity contribution < 1.29 is 9.53 Å². The van der Waals surface area contributed by atoms with Crippen LogP contribution in [0.1, 0.15) is 39.5 Å². The van der Waals surface area contributed by atoms with E-state index in [1.54, 1.807) is 0 Å². The number of carbonyl (C=O) groups is 1. The Morgan fingerprint density at radius 3 is 3.00 bits per heavy atom. The van der Waals surface area contributed by atoms with Crippen LogP contribution in [0.5, 0.6) is 0 Å². The number of piperidine rings is 1. The van der Waals surface area contributed by atoms with Crippen LogP contribution in [0.4, 0.5) is 0 Å². The first-order valence-electron chi connectivity index (χ1n) is 6.89. The monoisotopic (exact) mass is 240 g/mol. The van der Waals surface area contributed by atoms with Gasteiger partial charge in [-0.2, -0.15) is 0 Å². The van der Waals surface area contributed by atoms with Crippen molar-refractivity contribution in [1.82, 2.24) is 10.2 Å². The van der Waals surface area contributed by atoms with Gasteiger partial charge in [-0.15, -0.1) is 0 Å². The number of fused-ring (bicyclic) bond motifs is 1. The highest BCUT2D eigenvalue weighted by molar-refractivity contribution is 5.75. The summed E-state index contributed by atoms with van der Waals surface area (Å²) in [5.74, 6) is -0.123. The van der Waals surface area contributed by atoms with Gasteiger partial charge in [-0.3, -0.25) is 9.69 Å². The highest BCUT2D eigenvalue weighted by Gasteiger charge is 2.36. The van der Waals surface area contributed by atoms with Crippen molar-refractivity contribution in [3.05, 3.63) is 0 Å². The number of carbonyl (C=O) groups excluding carboxylic acids is 1. The average Bonchev–Trinajstić information content (AvgIpc) is 2.73. The summed E-state index contributed by atoms with van der Waals surface area (Å²) in [6.45, 7) is 6.63. The van der Waals surface area contributed by atoms with Crippen molar-refractivity contribution in [2.45, 2.75) is 57.7 Å². The van der Waals surface area contributed by atoms with Crippen LogP contribution < -0.4 is 5.32 Å². The molecule has 0 bridgehead atoms. The maximum absolute atomic E-state index is 11.6. The number of nitrogens with zero attached hydrogens (tertiary/aromatic N) is 1. The molecule has 2 aliphatic rings. The Kier molecular flexibility index (Phi) is 4.40. The molecule has 3 atom stereocenters. The van der Waals surface area contributed by atoms with Crippen LogP contribution in [0, 0.1) is 0 Å². The normalized spacial score (nSPS) is 30.9. The molecule has 0 aromatic heterocycles. The van der Waals surface area contributed by atoms with Crippen molar-refractivity contribution in [3.8, 4) is 0 Å². The van der Waals surface area contributed by atoms with E-state index in [1.165, 1.54) is 32.4 Å². The van der Waals surface area contributed by atoms with Crippen LogP contribution in [-0.4, -0.2) is 48.7 Å². The van der Waals surface area contributed by atoms with Crippen LogP contribution in [0.25, 0.3) is 0 Å². The predicted octanol–water partition coefficient (Wildman–Crippen LogP) is 1.15. The summed E-state index contributed by atoms with van der Waals surface area (Å²) in [5.41, 5.74) is 0. The van der Waals surface area contributed by atoms with Gasteiger partial charge in [-0.25, -0.2) is 0 Å². The molecule has 2 saturated heterocycles. The fourth-order valence-corrected chi connectivity index (χ4v) is 3.10. The summed E-state index contributed by atoms with van der Waals surface area (Å²) in [7, 11) is 0. The molecule has 1 N–H and O–H groups in total. The minimum atomic E-state index is -0.179. The first kappa shape index (κ1) is 12.8. The standard InChI is InChI=1S/C13H24N2O2/c1-3-17-13(16)10(2)14-11-7-9-15-8-5-4-6-12(11)15/h10-12,14H,3-9H2,1-2H3. The molecule has 0 saturated carbocycles. The maximum atomic E-state index is 11.6. The lowest BCUT2D eigenvalue weighted by Crippen LogP contribution is -2.49. The molecule has 0 aliphatic carbocycles. The van der Waals surface area contributed by atoms with Crippen molar-refractivity contribution in [3.63, 3.8) is 0 Å². The minimum Gasteiger partial charge on any atom is -0.465 e. The second-order valence-electron chi connectivity index (χ2n) is 5.13. The Bertz CT molecular complexity index is 270. The third-order valence-corrected chi connectivity index (χ3v) is 3.96. The molecule has 4 nitrogen and oxygen atoms in total. The third kappa shape index (κ3) is 2.99. The van der Waals surface area contributed by atoms with E-state index in [2.05, 4.69) is 10.2 Å². The molecule has 0 radical (unpaired) electrons. The molecule has 0 aromatic carbocycles. The van der Waals surface area contributed by atoms with Gasteiger partial charge in [0.25, 0.3) is 0 Å². The van der Waals surface area contributed by atoms with E-state index in [-0.39, 0.29) is 12.0 Å². The van der Waals surface area contributed by atoms with Gasteiger partial charge in [0.1, 0.15) is 6.04 Å². The number of nitrogens with one attached hydrogen (secondary N) is 1. The van der Waals surface area contributed by atoms with E-state index in [1.807, 2.05) is 13.8 Å². The molecule has 2 aliphatic heterocycles. The minimum absolute atomic E-state index is 0.123. The first-order chi connectivity index (χ1) is 8.22. The van der Waals surface area contributed by atoms with Gasteiger partial charge in [-0.1, -0.05) is 6.42 Å². The highest BCUT2D eigenvalue weighted by atomic mass is 16.5. The lowest BCUT2D eigenvalue weighted by atomic mass is 9.98. The fourth-order valence-electron chi connectivity index (χ4n) is 3.10. The second-order valence-corrected chi connectivity index (χ2v) is 5.13. The molecule has 4 heteroatoms. The molecule has 0 amide bonds. The highest BCUT2D eigenvalue weighted by Crippen LogP contribution is 2.27. The predicted molar refractivity (Wildman–Crippen MR) is 66.8 cm³/mol. The van der Waals surface area contributed by atoms with Crippen molar-refractivity contribution in [2.24, 2.45) is 0 Å². The number of esters is 1. The summed E-state index contributed by atoms with van der Waals surface area (Å²) < 4.78 is 5.03. The Balaban J connectivity index is 1.84. The van der Waals surface area contributed by atoms with Crippen LogP contribution in [-0.2, 0) is 9.53 Å². The van der Waals surface area contributed by atoms with Crippen molar-refractivity contribution in [1.29, 1.82) is 0 Å². The lowest BCUT2D eigenvalue weighted by molar-refractivity contribution is -0.145. The Morgan fingerprint density at radius 1 is 1.41 bits per heavy atom. The Hall–Kier alpha value is -0.610. The molecule has 0 aromatic rings. The second kappa shape index (κ2) is 5.83. The summed E-state index contributed by atoms with van der Waals surface area (Å²) >= 11 is 0. The van der Waals surface area contributed by atoms with E-state index < -0.39 is 0 Å². The summed E-state index contributed by atoms with van der Waals surface area (Å²) in [4.78, 5) is 14.2. The summed E-state index contributed by atoms with van der Waals surface area (Å²) in [6.07, 6.45) is 5.09. The first-order valence-corrected chi connectivity index (χ1v) is 6.89. The number of rotatable bonds is 4. The van der Waals surface area contributed by atoms with E-state index in [9.17, 15) is 4.79 Å². The van der Waals surface area contributed by atoms with Gasteiger partial charge >= 0.3 is 5.97 Å². The van der Waals surface area contributed by atoms with Crippen LogP contribution in [0.15, 0.2) is 0 Å². The molecule has 0 spiro atoms. The van der Waals surface area contributed by atoms with Crippen LogP contribution in [0.2, 0.25) is 0 Å². The average molecular weight is 240 g/mol. The molecular weight excluding hydrogens is 216 g/mol. The van der Waals surface area contributed by atoms with Crippen LogP contribution >= 0.6 is 0 Å². The lowest BCUT2D eigenvalue weighted by Gasteiger charge is -2.33. The largest absolute Gasteiger partial charge is 0.465 e. The van der Waals surface area contributed by atoms with Gasteiger partial charge in [0.2, 0.25) is 0 Å². The van der Waals surface area contributed by atoms with Crippen molar-refractivity contribution >= 4 is 5.97 Å². The van der Waals surface area contributed by atoms with Gasteiger partial charge in [0.05, 0.1) is 6.61 Å². The third-order valence-electron chi connectivity index (χ3n) is 3.96. The Morgan fingerprint density at radius 2 is 2.24 bits per heavy atom. The Labute approximate surface area is 104 Å². The molecule has 2 rings (SSSR count). The van der Waals surface area contributed by atoms with Gasteiger partial charge in [0.15, 0.2) is 0 Å². The van der Waals surface area contributed by atoms with Gasteiger partial charge in [-0.05, 0) is 39.7 Å². The molecule has 2 heterocycles. The maximum Gasteiger partial charge on any atom is 0.322 e. The molecule has 98 valence electrons. The number of hydrogen-bond acceptors (Lipinski definition) is 4. The zero-order valence-electron chi connectivity index (χ0n) is 10.9. The molecule has 2 fully saturated rings. The van der Waals surface area contributed by atoms with Crippen molar-refractivity contribution in [2.75, 3.05) is 19.7 Å². The number of hydrogen-bond donors (Lipinski definition) is 1. The van der Waals surface area contributed by atoms with E-state index >= 15 is 0 Å². The fraction of sp³-hybridized carbons (Fsp3) is 0.923. The van der Waals surface area contributed by atoms with E-state index in [0.29, 0.717) is 18.7 Å². The molecule has 17 heavy (non-hydrogen) atoms. The zero-order valence-corrected chi connectivity index (χ0v) is 10.9. The van der Waals surface area contributed by atoms with Gasteiger partial charge < -0.3 is 10.1 Å². The quantitative estimate of drug-likeness (QED) is 0.749. The van der Waals surface area contributed by atoms with E-state index in [4.69, 9.17) is 4.74 Å². The molecule has 3 unspecified atom stereocenters. The van der Waals surface area contributed by atoms with Crippen LogP contribution in [0.3, 0.4) is 0 Å². The molecular formula is C13H24N2O2. The van der Waals surface area contributed by atoms with Gasteiger partial charge in [0, 0.05) is 18.6 Å². The topological polar surface area (TPSA) is 41.6 Å². The zero-order chi connectivity index (χ0) is 12.3. The SMILES string of the molecule is CCOC(=O)C(C)NC1CCN2CCCCC12. The summed E-state index contributed by atoms with van der Waals surface area (Å²) in [5, 5.41) is 3.45. The van der Waals surface area contributed by atoms with E-state index in [0.717, 1.165) is 6.42 Å². The smallest absolute Gasteiger partial charge is 0.322 e.